The van der Waals surface area contributed by atoms with Crippen molar-refractivity contribution in [2.45, 2.75) is 16.3 Å². The van der Waals surface area contributed by atoms with Crippen LogP contribution < -0.4 is 0 Å². The van der Waals surface area contributed by atoms with E-state index in [9.17, 15) is 0 Å². The second-order valence-electron chi connectivity index (χ2n) is 4.62. The van der Waals surface area contributed by atoms with E-state index >= 15 is 0 Å². The highest BCUT2D eigenvalue weighted by Crippen LogP contribution is 2.33. The van der Waals surface area contributed by atoms with Crippen LogP contribution in [-0.2, 0) is 6.42 Å². The molecular weight excluding hydrogens is 266 g/mol. The van der Waals surface area contributed by atoms with Gasteiger partial charge in [-0.15, -0.1) is 0 Å². The maximum atomic E-state index is 4.39. The molecule has 1 aliphatic carbocycles. The molecule has 0 radical (unpaired) electrons. The van der Waals surface area contributed by atoms with Crippen LogP contribution in [0.3, 0.4) is 0 Å². The number of fused-ring (bicyclic) bond motifs is 2. The van der Waals surface area contributed by atoms with Gasteiger partial charge in [-0.3, -0.25) is 0 Å². The predicted octanol–water partition coefficient (Wildman–Crippen LogP) is 3.75. The fourth-order valence-corrected chi connectivity index (χ4v) is 3.27. The van der Waals surface area contributed by atoms with Gasteiger partial charge in [-0.25, -0.2) is 15.0 Å². The van der Waals surface area contributed by atoms with Crippen molar-refractivity contribution < 1.29 is 0 Å². The van der Waals surface area contributed by atoms with Gasteiger partial charge >= 0.3 is 0 Å². The van der Waals surface area contributed by atoms with Crippen molar-refractivity contribution in [3.63, 3.8) is 0 Å². The third-order valence-electron chi connectivity index (χ3n) is 3.34. The van der Waals surface area contributed by atoms with Gasteiger partial charge in [-0.05, 0) is 41.8 Å². The molecule has 0 aliphatic heterocycles. The first-order valence-electron chi connectivity index (χ1n) is 6.43. The minimum atomic E-state index is 0.742. The van der Waals surface area contributed by atoms with Crippen molar-refractivity contribution >= 4 is 28.9 Å². The van der Waals surface area contributed by atoms with Crippen molar-refractivity contribution in [1.82, 2.24) is 15.0 Å². The summed E-state index contributed by atoms with van der Waals surface area (Å²) in [5, 5.41) is 1.95. The van der Waals surface area contributed by atoms with Crippen LogP contribution in [0, 0.1) is 0 Å². The zero-order chi connectivity index (χ0) is 13.4. The summed E-state index contributed by atoms with van der Waals surface area (Å²) in [6, 6.07) is 10.5. The summed E-state index contributed by atoms with van der Waals surface area (Å²) < 4.78 is 0. The predicted molar refractivity (Wildman–Crippen MR) is 80.6 cm³/mol. The molecule has 4 rings (SSSR count). The van der Waals surface area contributed by atoms with Gasteiger partial charge in [0, 0.05) is 11.1 Å². The van der Waals surface area contributed by atoms with E-state index in [1.54, 1.807) is 24.3 Å². The number of hydrogen-bond donors (Lipinski definition) is 0. The maximum absolute atomic E-state index is 4.39. The minimum absolute atomic E-state index is 0.742. The monoisotopic (exact) mass is 277 g/mol. The molecule has 0 saturated carbocycles. The first kappa shape index (κ1) is 11.6. The van der Waals surface area contributed by atoms with Crippen LogP contribution in [0.15, 0.2) is 58.9 Å². The molecule has 3 nitrogen and oxygen atoms in total. The summed E-state index contributed by atoms with van der Waals surface area (Å²) in [7, 11) is 0. The first-order valence-corrected chi connectivity index (χ1v) is 7.25. The van der Waals surface area contributed by atoms with E-state index in [4.69, 9.17) is 0 Å². The second-order valence-corrected chi connectivity index (χ2v) is 5.68. The van der Waals surface area contributed by atoms with E-state index in [1.165, 1.54) is 16.0 Å². The number of hydrogen-bond acceptors (Lipinski definition) is 4. The van der Waals surface area contributed by atoms with Gasteiger partial charge in [0.05, 0.1) is 5.39 Å². The normalized spacial score (nSPS) is 12.8. The lowest BCUT2D eigenvalue weighted by atomic mass is 10.1. The Kier molecular flexibility index (Phi) is 2.74. The van der Waals surface area contributed by atoms with Crippen molar-refractivity contribution in [1.29, 1.82) is 0 Å². The molecule has 20 heavy (non-hydrogen) atoms. The Balaban J connectivity index is 1.76. The average molecular weight is 277 g/mol. The lowest BCUT2D eigenvalue weighted by Gasteiger charge is -2.06. The topological polar surface area (TPSA) is 38.7 Å². The summed E-state index contributed by atoms with van der Waals surface area (Å²) >= 11 is 1.66. The Morgan fingerprint density at radius 2 is 2.05 bits per heavy atom. The third-order valence-corrected chi connectivity index (χ3v) is 4.35. The number of benzene rings is 1. The molecule has 0 saturated heterocycles. The number of allylic oxidation sites excluding steroid dienone is 1. The van der Waals surface area contributed by atoms with Crippen molar-refractivity contribution in [3.8, 4) is 0 Å². The van der Waals surface area contributed by atoms with Gasteiger partial charge in [0.2, 0.25) is 0 Å². The fraction of sp³-hybridized carbons (Fsp3) is 0.0625. The summed E-state index contributed by atoms with van der Waals surface area (Å²) in [6.07, 6.45) is 8.75. The molecule has 1 aliphatic rings. The van der Waals surface area contributed by atoms with Crippen molar-refractivity contribution in [2.24, 2.45) is 0 Å². The van der Waals surface area contributed by atoms with Crippen LogP contribution in [0.2, 0.25) is 0 Å². The molecule has 0 bridgehead atoms. The van der Waals surface area contributed by atoms with Gasteiger partial charge in [0.25, 0.3) is 0 Å². The number of nitrogens with zero attached hydrogens (tertiary/aromatic N) is 3. The Labute approximate surface area is 120 Å². The standard InChI is InChI=1S/C16H11N3S/c1-3-11-6-7-13(9-12(11)4-1)20-16-14-5-2-8-17-15(14)18-10-19-16/h1-2,4-10H,3H2. The van der Waals surface area contributed by atoms with E-state index in [0.29, 0.717) is 0 Å². The molecule has 2 aromatic heterocycles. The van der Waals surface area contributed by atoms with Gasteiger partial charge in [-0.2, -0.15) is 0 Å². The van der Waals surface area contributed by atoms with E-state index in [0.717, 1.165) is 22.5 Å². The fourth-order valence-electron chi connectivity index (χ4n) is 2.36. The third kappa shape index (κ3) is 1.98. The molecule has 0 atom stereocenters. The van der Waals surface area contributed by atoms with Crippen LogP contribution in [0.5, 0.6) is 0 Å². The van der Waals surface area contributed by atoms with E-state index in [2.05, 4.69) is 45.3 Å². The van der Waals surface area contributed by atoms with Crippen molar-refractivity contribution in [3.05, 3.63) is 60.1 Å². The van der Waals surface area contributed by atoms with E-state index in [1.807, 2.05) is 12.1 Å². The van der Waals surface area contributed by atoms with Crippen LogP contribution >= 0.6 is 11.8 Å². The summed E-state index contributed by atoms with van der Waals surface area (Å²) in [6.45, 7) is 0. The SMILES string of the molecule is C1=Cc2cc(Sc3ncnc4ncccc34)ccc2C1. The number of aromatic nitrogens is 3. The van der Waals surface area contributed by atoms with Gasteiger partial charge in [0.1, 0.15) is 11.4 Å². The Morgan fingerprint density at radius 1 is 1.05 bits per heavy atom. The zero-order valence-corrected chi connectivity index (χ0v) is 11.5. The van der Waals surface area contributed by atoms with E-state index in [-0.39, 0.29) is 0 Å². The van der Waals surface area contributed by atoms with Gasteiger partial charge in [0.15, 0.2) is 5.65 Å². The Hall–Kier alpha value is -2.20. The van der Waals surface area contributed by atoms with Crippen LogP contribution in [-0.4, -0.2) is 15.0 Å². The molecule has 3 aromatic rings. The smallest absolute Gasteiger partial charge is 0.163 e. The summed E-state index contributed by atoms with van der Waals surface area (Å²) in [5.74, 6) is 0. The van der Waals surface area contributed by atoms with Crippen molar-refractivity contribution in [2.75, 3.05) is 0 Å². The lowest BCUT2D eigenvalue weighted by molar-refractivity contribution is 1.08. The molecule has 0 N–H and O–H groups in total. The largest absolute Gasteiger partial charge is 0.237 e. The number of pyridine rings is 1. The molecule has 0 spiro atoms. The van der Waals surface area contributed by atoms with Crippen LogP contribution in [0.4, 0.5) is 0 Å². The molecule has 0 amide bonds. The zero-order valence-electron chi connectivity index (χ0n) is 10.7. The van der Waals surface area contributed by atoms with E-state index < -0.39 is 0 Å². The highest BCUT2D eigenvalue weighted by Gasteiger charge is 2.09. The highest BCUT2D eigenvalue weighted by atomic mass is 32.2. The van der Waals surface area contributed by atoms with Crippen LogP contribution in [0.1, 0.15) is 11.1 Å². The molecular formula is C16H11N3S. The first-order chi connectivity index (χ1) is 9.90. The van der Waals surface area contributed by atoms with Gasteiger partial charge in [-0.1, -0.05) is 30.0 Å². The molecule has 2 heterocycles. The van der Waals surface area contributed by atoms with Crippen LogP contribution in [0.25, 0.3) is 17.1 Å². The van der Waals surface area contributed by atoms with Gasteiger partial charge < -0.3 is 0 Å². The number of rotatable bonds is 2. The molecule has 0 unspecified atom stereocenters. The molecule has 0 fully saturated rings. The quantitative estimate of drug-likeness (QED) is 0.669. The summed E-state index contributed by atoms with van der Waals surface area (Å²) in [5.41, 5.74) is 3.45. The molecule has 1 aromatic carbocycles. The Morgan fingerprint density at radius 3 is 3.05 bits per heavy atom. The Bertz CT molecular complexity index is 822. The lowest BCUT2D eigenvalue weighted by Crippen LogP contribution is -1.89. The highest BCUT2D eigenvalue weighted by molar-refractivity contribution is 7.99. The second kappa shape index (κ2) is 4.72. The molecule has 96 valence electrons. The molecule has 4 heteroatoms. The maximum Gasteiger partial charge on any atom is 0.163 e. The summed E-state index contributed by atoms with van der Waals surface area (Å²) in [4.78, 5) is 14.0. The average Bonchev–Trinajstić information content (AvgIpc) is 2.95. The minimum Gasteiger partial charge on any atom is -0.237 e.